The summed E-state index contributed by atoms with van der Waals surface area (Å²) in [6, 6.07) is 2.79. The molecular weight excluding hydrogens is 145 g/mol. The minimum atomic E-state index is -0.492. The van der Waals surface area contributed by atoms with Crippen molar-refractivity contribution in [1.29, 1.82) is 0 Å². The summed E-state index contributed by atoms with van der Waals surface area (Å²) in [4.78, 5) is 0. The SMILES string of the molecule is Fc1ccc(C2CCCN2)o1. The van der Waals surface area contributed by atoms with Crippen molar-refractivity contribution in [1.82, 2.24) is 5.32 Å². The summed E-state index contributed by atoms with van der Waals surface area (Å²) in [6.07, 6.45) is 2.19. The number of rotatable bonds is 1. The standard InChI is InChI=1S/C8H10FNO/c9-8-4-3-7(11-8)6-2-1-5-10-6/h3-4,6,10H,1-2,5H2. The summed E-state index contributed by atoms with van der Waals surface area (Å²) >= 11 is 0. The fraction of sp³-hybridized carbons (Fsp3) is 0.500. The van der Waals surface area contributed by atoms with Crippen LogP contribution in [-0.4, -0.2) is 6.54 Å². The summed E-state index contributed by atoms with van der Waals surface area (Å²) in [5.74, 6) is 0.722. The quantitative estimate of drug-likeness (QED) is 0.669. The highest BCUT2D eigenvalue weighted by molar-refractivity contribution is 5.06. The third-order valence-corrected chi connectivity index (χ3v) is 2.00. The van der Waals surface area contributed by atoms with Crippen LogP contribution in [0.15, 0.2) is 16.5 Å². The molecule has 0 spiro atoms. The first kappa shape index (κ1) is 6.85. The number of hydrogen-bond donors (Lipinski definition) is 1. The van der Waals surface area contributed by atoms with Crippen molar-refractivity contribution >= 4 is 0 Å². The first-order chi connectivity index (χ1) is 5.36. The molecule has 0 amide bonds. The molecule has 11 heavy (non-hydrogen) atoms. The lowest BCUT2D eigenvalue weighted by molar-refractivity contribution is 0.318. The number of furan rings is 1. The molecule has 1 aliphatic rings. The fourth-order valence-corrected chi connectivity index (χ4v) is 1.44. The normalized spacial score (nSPS) is 24.3. The Balaban J connectivity index is 2.15. The first-order valence-corrected chi connectivity index (χ1v) is 3.85. The van der Waals surface area contributed by atoms with Gasteiger partial charge in [-0.3, -0.25) is 0 Å². The number of hydrogen-bond acceptors (Lipinski definition) is 2. The summed E-state index contributed by atoms with van der Waals surface area (Å²) in [5, 5.41) is 3.23. The van der Waals surface area contributed by atoms with Crippen molar-refractivity contribution in [2.45, 2.75) is 18.9 Å². The van der Waals surface area contributed by atoms with Gasteiger partial charge in [-0.05, 0) is 25.5 Å². The molecule has 1 atom stereocenters. The molecular formula is C8H10FNO. The molecule has 1 fully saturated rings. The van der Waals surface area contributed by atoms with E-state index in [1.54, 1.807) is 6.07 Å². The van der Waals surface area contributed by atoms with Crippen LogP contribution in [0.5, 0.6) is 0 Å². The smallest absolute Gasteiger partial charge is 0.277 e. The molecule has 60 valence electrons. The molecule has 0 radical (unpaired) electrons. The minimum Gasteiger partial charge on any atom is -0.434 e. The lowest BCUT2D eigenvalue weighted by atomic mass is 10.2. The Kier molecular flexibility index (Phi) is 1.66. The summed E-state index contributed by atoms with van der Waals surface area (Å²) < 4.78 is 17.2. The van der Waals surface area contributed by atoms with E-state index in [1.807, 2.05) is 0 Å². The van der Waals surface area contributed by atoms with Crippen LogP contribution in [0.3, 0.4) is 0 Å². The zero-order valence-electron chi connectivity index (χ0n) is 6.14. The van der Waals surface area contributed by atoms with E-state index in [1.165, 1.54) is 6.07 Å². The van der Waals surface area contributed by atoms with Gasteiger partial charge in [-0.1, -0.05) is 0 Å². The Morgan fingerprint density at radius 3 is 3.00 bits per heavy atom. The number of nitrogens with one attached hydrogen (secondary N) is 1. The van der Waals surface area contributed by atoms with Gasteiger partial charge < -0.3 is 9.73 Å². The summed E-state index contributed by atoms with van der Waals surface area (Å²) in [6.45, 7) is 1.01. The Bertz CT molecular complexity index is 240. The van der Waals surface area contributed by atoms with Crippen LogP contribution in [0, 0.1) is 6.01 Å². The zero-order valence-corrected chi connectivity index (χ0v) is 6.14. The molecule has 0 saturated carbocycles. The van der Waals surface area contributed by atoms with Crippen LogP contribution < -0.4 is 5.32 Å². The Hall–Kier alpha value is -0.830. The highest BCUT2D eigenvalue weighted by Gasteiger charge is 2.19. The van der Waals surface area contributed by atoms with Gasteiger partial charge >= 0.3 is 0 Å². The van der Waals surface area contributed by atoms with E-state index in [0.29, 0.717) is 0 Å². The Morgan fingerprint density at radius 1 is 1.55 bits per heavy atom. The second-order valence-corrected chi connectivity index (χ2v) is 2.79. The third kappa shape index (κ3) is 1.28. The van der Waals surface area contributed by atoms with Crippen molar-refractivity contribution in [2.24, 2.45) is 0 Å². The molecule has 1 aromatic heterocycles. The molecule has 2 rings (SSSR count). The van der Waals surface area contributed by atoms with Crippen molar-refractivity contribution in [3.8, 4) is 0 Å². The highest BCUT2D eigenvalue weighted by atomic mass is 19.1. The monoisotopic (exact) mass is 155 g/mol. The molecule has 1 aliphatic heterocycles. The van der Waals surface area contributed by atoms with Crippen molar-refractivity contribution < 1.29 is 8.81 Å². The van der Waals surface area contributed by atoms with E-state index >= 15 is 0 Å². The molecule has 1 saturated heterocycles. The number of halogens is 1. The van der Waals surface area contributed by atoms with Crippen LogP contribution in [0.2, 0.25) is 0 Å². The van der Waals surface area contributed by atoms with Gasteiger partial charge in [-0.25, -0.2) is 0 Å². The van der Waals surface area contributed by atoms with Gasteiger partial charge in [0.05, 0.1) is 6.04 Å². The molecule has 0 aliphatic carbocycles. The molecule has 1 aromatic rings. The fourth-order valence-electron chi connectivity index (χ4n) is 1.44. The average molecular weight is 155 g/mol. The summed E-state index contributed by atoms with van der Waals surface area (Å²) in [5.41, 5.74) is 0. The highest BCUT2D eigenvalue weighted by Crippen LogP contribution is 2.23. The lowest BCUT2D eigenvalue weighted by Gasteiger charge is -2.03. The Morgan fingerprint density at radius 2 is 2.45 bits per heavy atom. The second kappa shape index (κ2) is 2.66. The molecule has 3 heteroatoms. The Labute approximate surface area is 64.4 Å². The third-order valence-electron chi connectivity index (χ3n) is 2.00. The molecule has 2 heterocycles. The van der Waals surface area contributed by atoms with Gasteiger partial charge in [-0.15, -0.1) is 0 Å². The van der Waals surface area contributed by atoms with Gasteiger partial charge in [0.15, 0.2) is 0 Å². The van der Waals surface area contributed by atoms with Crippen LogP contribution in [0.25, 0.3) is 0 Å². The topological polar surface area (TPSA) is 25.2 Å². The largest absolute Gasteiger partial charge is 0.434 e. The summed E-state index contributed by atoms with van der Waals surface area (Å²) in [7, 11) is 0. The van der Waals surface area contributed by atoms with Crippen LogP contribution in [0.4, 0.5) is 4.39 Å². The van der Waals surface area contributed by atoms with Gasteiger partial charge in [0.2, 0.25) is 0 Å². The van der Waals surface area contributed by atoms with Gasteiger partial charge in [0.1, 0.15) is 5.76 Å². The molecule has 0 bridgehead atoms. The van der Waals surface area contributed by atoms with Crippen molar-refractivity contribution in [2.75, 3.05) is 6.54 Å². The van der Waals surface area contributed by atoms with Crippen LogP contribution in [0.1, 0.15) is 24.6 Å². The van der Waals surface area contributed by atoms with Gasteiger partial charge in [0, 0.05) is 6.07 Å². The predicted octanol–water partition coefficient (Wildman–Crippen LogP) is 1.84. The van der Waals surface area contributed by atoms with E-state index < -0.39 is 6.01 Å². The predicted molar refractivity (Wildman–Crippen MR) is 38.6 cm³/mol. The van der Waals surface area contributed by atoms with E-state index in [-0.39, 0.29) is 6.04 Å². The maximum absolute atomic E-state index is 12.4. The van der Waals surface area contributed by atoms with Crippen LogP contribution >= 0.6 is 0 Å². The zero-order chi connectivity index (χ0) is 7.68. The maximum Gasteiger partial charge on any atom is 0.277 e. The molecule has 1 unspecified atom stereocenters. The molecule has 1 N–H and O–H groups in total. The van der Waals surface area contributed by atoms with Gasteiger partial charge in [-0.2, -0.15) is 4.39 Å². The van der Waals surface area contributed by atoms with Crippen LogP contribution in [-0.2, 0) is 0 Å². The molecule has 0 aromatic carbocycles. The van der Waals surface area contributed by atoms with Gasteiger partial charge in [0.25, 0.3) is 6.01 Å². The van der Waals surface area contributed by atoms with E-state index in [9.17, 15) is 4.39 Å². The lowest BCUT2D eigenvalue weighted by Crippen LogP contribution is -2.11. The minimum absolute atomic E-state index is 0.236. The first-order valence-electron chi connectivity index (χ1n) is 3.85. The maximum atomic E-state index is 12.4. The average Bonchev–Trinajstić information content (AvgIpc) is 2.55. The van der Waals surface area contributed by atoms with Crippen molar-refractivity contribution in [3.63, 3.8) is 0 Å². The van der Waals surface area contributed by atoms with E-state index in [0.717, 1.165) is 25.1 Å². The second-order valence-electron chi connectivity index (χ2n) is 2.79. The van der Waals surface area contributed by atoms with E-state index in [2.05, 4.69) is 5.32 Å². The molecule has 2 nitrogen and oxygen atoms in total. The van der Waals surface area contributed by atoms with E-state index in [4.69, 9.17) is 4.42 Å². The van der Waals surface area contributed by atoms with Crippen molar-refractivity contribution in [3.05, 3.63) is 23.9 Å².